The molecular weight excluding hydrogens is 630 g/mol. The monoisotopic (exact) mass is 659 g/mol. The molecule has 3 N–H and O–H groups in total. The number of methoxy groups -OCH3 is 2. The number of nitrogens with one attached hydrogen (secondary N) is 3. The van der Waals surface area contributed by atoms with Gasteiger partial charge in [-0.1, -0.05) is 36.4 Å². The molecule has 0 heterocycles. The predicted molar refractivity (Wildman–Crippen MR) is 175 cm³/mol. The zero-order valence-electron chi connectivity index (χ0n) is 23.7. The first-order chi connectivity index (χ1) is 20.8. The van der Waals surface area contributed by atoms with Crippen LogP contribution in [0.25, 0.3) is 6.08 Å². The number of halogens is 1. The van der Waals surface area contributed by atoms with Crippen molar-refractivity contribution in [3.05, 3.63) is 118 Å². The summed E-state index contributed by atoms with van der Waals surface area (Å²) in [4.78, 5) is 39.9. The van der Waals surface area contributed by atoms with Crippen molar-refractivity contribution in [1.29, 1.82) is 0 Å². The van der Waals surface area contributed by atoms with Crippen LogP contribution in [0.2, 0.25) is 0 Å². The number of anilines is 2. The van der Waals surface area contributed by atoms with Gasteiger partial charge in [0, 0.05) is 20.6 Å². The van der Waals surface area contributed by atoms with Crippen LogP contribution < -0.4 is 25.4 Å². The van der Waals surface area contributed by atoms with Crippen molar-refractivity contribution >= 4 is 62.9 Å². The van der Waals surface area contributed by atoms with E-state index >= 15 is 0 Å². The highest BCUT2D eigenvalue weighted by atomic mass is 79.9. The fraction of sp³-hybridized carbons (Fsp3) is 0.121. The summed E-state index contributed by atoms with van der Waals surface area (Å²) in [5.41, 5.74) is 2.29. The molecule has 8 nitrogen and oxygen atoms in total. The highest BCUT2D eigenvalue weighted by molar-refractivity contribution is 9.10. The molecule has 1 unspecified atom stereocenters. The molecule has 0 fully saturated rings. The van der Waals surface area contributed by atoms with Crippen LogP contribution >= 0.6 is 27.7 Å². The maximum atomic E-state index is 13.4. The number of amides is 3. The van der Waals surface area contributed by atoms with Crippen LogP contribution in [0.15, 0.2) is 112 Å². The van der Waals surface area contributed by atoms with E-state index in [4.69, 9.17) is 9.47 Å². The van der Waals surface area contributed by atoms with Crippen LogP contribution in [-0.4, -0.2) is 37.2 Å². The lowest BCUT2D eigenvalue weighted by Gasteiger charge is -2.14. The minimum Gasteiger partial charge on any atom is -0.493 e. The van der Waals surface area contributed by atoms with Crippen molar-refractivity contribution in [3.63, 3.8) is 0 Å². The maximum absolute atomic E-state index is 13.4. The number of thioether (sulfide) groups is 1. The van der Waals surface area contributed by atoms with E-state index in [2.05, 4.69) is 31.9 Å². The summed E-state index contributed by atoms with van der Waals surface area (Å²) in [5.74, 6) is -0.0486. The molecule has 0 bridgehead atoms. The van der Waals surface area contributed by atoms with E-state index in [0.717, 1.165) is 9.37 Å². The fourth-order valence-electron chi connectivity index (χ4n) is 3.92. The lowest BCUT2D eigenvalue weighted by molar-refractivity contribution is -0.115. The average molecular weight is 661 g/mol. The van der Waals surface area contributed by atoms with Crippen molar-refractivity contribution < 1.29 is 23.9 Å². The molecule has 10 heteroatoms. The fourth-order valence-corrected chi connectivity index (χ4v) is 5.17. The molecule has 1 atom stereocenters. The van der Waals surface area contributed by atoms with Gasteiger partial charge < -0.3 is 25.4 Å². The minimum absolute atomic E-state index is 0.0388. The summed E-state index contributed by atoms with van der Waals surface area (Å²) in [6, 6.07) is 28.4. The van der Waals surface area contributed by atoms with Crippen molar-refractivity contribution in [2.24, 2.45) is 0 Å². The molecule has 0 saturated carbocycles. The summed E-state index contributed by atoms with van der Waals surface area (Å²) in [5, 5.41) is 8.13. The third-order valence-electron chi connectivity index (χ3n) is 6.17. The van der Waals surface area contributed by atoms with Gasteiger partial charge in [-0.15, -0.1) is 11.8 Å². The van der Waals surface area contributed by atoms with Crippen LogP contribution in [0.1, 0.15) is 22.8 Å². The van der Waals surface area contributed by atoms with E-state index in [9.17, 15) is 14.4 Å². The smallest absolute Gasteiger partial charge is 0.272 e. The van der Waals surface area contributed by atoms with Gasteiger partial charge in [-0.05, 0) is 95.2 Å². The molecular formula is C33H30BrN3O5S. The van der Waals surface area contributed by atoms with Gasteiger partial charge >= 0.3 is 0 Å². The number of hydrogen-bond acceptors (Lipinski definition) is 6. The van der Waals surface area contributed by atoms with Crippen LogP contribution in [0.3, 0.4) is 0 Å². The third-order valence-corrected chi connectivity index (χ3v) is 7.98. The van der Waals surface area contributed by atoms with Gasteiger partial charge in [0.05, 0.1) is 25.2 Å². The summed E-state index contributed by atoms with van der Waals surface area (Å²) in [6.45, 7) is 1.83. The van der Waals surface area contributed by atoms with Crippen molar-refractivity contribution in [3.8, 4) is 11.5 Å². The maximum Gasteiger partial charge on any atom is 0.272 e. The highest BCUT2D eigenvalue weighted by Gasteiger charge is 2.18. The molecule has 0 aliphatic rings. The van der Waals surface area contributed by atoms with E-state index in [0.29, 0.717) is 34.0 Å². The molecule has 0 radical (unpaired) electrons. The molecule has 3 amide bonds. The molecule has 0 spiro atoms. The number of para-hydroxylation sites is 1. The summed E-state index contributed by atoms with van der Waals surface area (Å²) < 4.78 is 11.5. The Morgan fingerprint density at radius 2 is 1.49 bits per heavy atom. The predicted octanol–water partition coefficient (Wildman–Crippen LogP) is 7.00. The zero-order chi connectivity index (χ0) is 30.8. The summed E-state index contributed by atoms with van der Waals surface area (Å²) >= 11 is 4.83. The van der Waals surface area contributed by atoms with Crippen LogP contribution in [0.4, 0.5) is 11.4 Å². The molecule has 220 valence electrons. The van der Waals surface area contributed by atoms with Crippen LogP contribution in [-0.2, 0) is 9.59 Å². The van der Waals surface area contributed by atoms with E-state index in [1.54, 1.807) is 66.7 Å². The van der Waals surface area contributed by atoms with Crippen molar-refractivity contribution in [1.82, 2.24) is 5.32 Å². The molecule has 0 aliphatic carbocycles. The Labute approximate surface area is 263 Å². The first kappa shape index (κ1) is 31.4. The summed E-state index contributed by atoms with van der Waals surface area (Å²) in [6.07, 6.45) is 1.56. The number of hydrogen-bond donors (Lipinski definition) is 3. The molecule has 0 saturated heterocycles. The Kier molecular flexibility index (Phi) is 11.0. The van der Waals surface area contributed by atoms with Crippen molar-refractivity contribution in [2.45, 2.75) is 17.1 Å². The molecule has 4 rings (SSSR count). The van der Waals surface area contributed by atoms with Gasteiger partial charge in [-0.25, -0.2) is 0 Å². The minimum atomic E-state index is -0.513. The van der Waals surface area contributed by atoms with Crippen LogP contribution in [0, 0.1) is 0 Å². The van der Waals surface area contributed by atoms with E-state index in [1.165, 1.54) is 26.0 Å². The Hall–Kier alpha value is -4.54. The van der Waals surface area contributed by atoms with Gasteiger partial charge in [0.25, 0.3) is 11.8 Å². The first-order valence-corrected chi connectivity index (χ1v) is 14.9. The Balaban J connectivity index is 1.48. The van der Waals surface area contributed by atoms with E-state index in [1.807, 2.05) is 43.3 Å². The Morgan fingerprint density at radius 3 is 2.16 bits per heavy atom. The molecule has 4 aromatic carbocycles. The first-order valence-electron chi connectivity index (χ1n) is 13.2. The normalized spacial score (nSPS) is 11.7. The quantitative estimate of drug-likeness (QED) is 0.118. The number of benzene rings is 4. The average Bonchev–Trinajstić information content (AvgIpc) is 3.02. The SMILES string of the molecule is COc1ccc(/C=C(\NC(=O)c2ccccc2)C(=O)Nc2ccc(SC(C)C(=O)Nc3ccccc3Br)cc2)cc1OC. The topological polar surface area (TPSA) is 106 Å². The number of rotatable bonds is 11. The standard InChI is InChI=1S/C33H30BrN3O5S/c1-21(31(38)36-27-12-8-7-11-26(27)34)43-25-16-14-24(15-17-25)35-33(40)28(37-32(39)23-9-5-4-6-10-23)19-22-13-18-29(41-2)30(20-22)42-3/h4-21H,1-3H3,(H,35,40)(H,36,38)(H,37,39)/b28-19-. The van der Waals surface area contributed by atoms with Gasteiger partial charge in [0.1, 0.15) is 5.70 Å². The molecule has 0 aromatic heterocycles. The highest BCUT2D eigenvalue weighted by Crippen LogP contribution is 2.29. The van der Waals surface area contributed by atoms with E-state index < -0.39 is 11.8 Å². The van der Waals surface area contributed by atoms with Gasteiger partial charge in [-0.3, -0.25) is 14.4 Å². The van der Waals surface area contributed by atoms with Gasteiger partial charge in [0.15, 0.2) is 11.5 Å². The number of carbonyl (C=O) groups excluding carboxylic acids is 3. The number of carbonyl (C=O) groups is 3. The van der Waals surface area contributed by atoms with E-state index in [-0.39, 0.29) is 16.9 Å². The van der Waals surface area contributed by atoms with Crippen molar-refractivity contribution in [2.75, 3.05) is 24.9 Å². The Morgan fingerprint density at radius 1 is 0.814 bits per heavy atom. The Bertz CT molecular complexity index is 1630. The third kappa shape index (κ3) is 8.73. The second-order valence-electron chi connectivity index (χ2n) is 9.20. The zero-order valence-corrected chi connectivity index (χ0v) is 26.1. The number of ether oxygens (including phenoxy) is 2. The molecule has 4 aromatic rings. The lowest BCUT2D eigenvalue weighted by atomic mass is 10.1. The summed E-state index contributed by atoms with van der Waals surface area (Å²) in [7, 11) is 3.06. The largest absolute Gasteiger partial charge is 0.493 e. The van der Waals surface area contributed by atoms with Crippen LogP contribution in [0.5, 0.6) is 11.5 Å². The lowest BCUT2D eigenvalue weighted by Crippen LogP contribution is -2.30. The molecule has 43 heavy (non-hydrogen) atoms. The second kappa shape index (κ2) is 15.1. The second-order valence-corrected chi connectivity index (χ2v) is 11.5. The van der Waals surface area contributed by atoms with Gasteiger partial charge in [0.2, 0.25) is 5.91 Å². The molecule has 0 aliphatic heterocycles. The van der Waals surface area contributed by atoms with Gasteiger partial charge in [-0.2, -0.15) is 0 Å².